The third-order valence-electron chi connectivity index (χ3n) is 4.34. The van der Waals surface area contributed by atoms with Gasteiger partial charge in [0.05, 0.1) is 23.8 Å². The molecule has 24 heavy (non-hydrogen) atoms. The maximum absolute atomic E-state index is 12.2. The SMILES string of the molecule is CC(=O)NC(C)C(=O)NC1C(C)OC(=O)C2=C(O)CC(O)C(O)C21. The highest BCUT2D eigenvalue weighted by Gasteiger charge is 2.51. The molecule has 134 valence electrons. The van der Waals surface area contributed by atoms with Crippen LogP contribution in [-0.4, -0.2) is 63.5 Å². The standard InChI is InChI=1S/C15H22N2O7/c1-5(16-7(3)18)14(22)17-12-6(2)24-15(23)10-8(19)4-9(20)13(21)11(10)12/h5-6,9,11-13,19-21H,4H2,1-3H3,(H,16,18)(H,17,22). The Balaban J connectivity index is 2.27. The first-order valence-electron chi connectivity index (χ1n) is 7.70. The van der Waals surface area contributed by atoms with Crippen LogP contribution in [0.15, 0.2) is 11.3 Å². The number of cyclic esters (lactones) is 1. The number of rotatable bonds is 3. The van der Waals surface area contributed by atoms with Crippen molar-refractivity contribution in [1.82, 2.24) is 10.6 Å². The fourth-order valence-corrected chi connectivity index (χ4v) is 3.14. The maximum Gasteiger partial charge on any atom is 0.338 e. The van der Waals surface area contributed by atoms with Gasteiger partial charge >= 0.3 is 5.97 Å². The van der Waals surface area contributed by atoms with Gasteiger partial charge in [0.1, 0.15) is 17.9 Å². The third-order valence-corrected chi connectivity index (χ3v) is 4.34. The van der Waals surface area contributed by atoms with E-state index in [0.717, 1.165) is 0 Å². The number of esters is 1. The smallest absolute Gasteiger partial charge is 0.338 e. The predicted molar refractivity (Wildman–Crippen MR) is 80.5 cm³/mol. The first-order valence-corrected chi connectivity index (χ1v) is 7.70. The van der Waals surface area contributed by atoms with Crippen LogP contribution in [0.3, 0.4) is 0 Å². The molecule has 2 rings (SSSR count). The molecule has 0 bridgehead atoms. The van der Waals surface area contributed by atoms with Crippen LogP contribution in [0.4, 0.5) is 0 Å². The molecule has 1 saturated heterocycles. The number of ether oxygens (including phenoxy) is 1. The second-order valence-electron chi connectivity index (χ2n) is 6.22. The van der Waals surface area contributed by atoms with Crippen molar-refractivity contribution in [2.75, 3.05) is 0 Å². The molecule has 0 aromatic rings. The molecule has 1 aliphatic heterocycles. The Morgan fingerprint density at radius 3 is 2.54 bits per heavy atom. The van der Waals surface area contributed by atoms with Crippen LogP contribution in [0, 0.1) is 5.92 Å². The van der Waals surface area contributed by atoms with Crippen molar-refractivity contribution in [3.63, 3.8) is 0 Å². The lowest BCUT2D eigenvalue weighted by atomic mass is 9.74. The zero-order valence-corrected chi connectivity index (χ0v) is 13.6. The molecule has 0 aromatic heterocycles. The minimum atomic E-state index is -1.34. The van der Waals surface area contributed by atoms with E-state index in [1.165, 1.54) is 20.8 Å². The maximum atomic E-state index is 12.2. The van der Waals surface area contributed by atoms with E-state index in [9.17, 15) is 29.7 Å². The molecule has 1 aliphatic carbocycles. The zero-order chi connectivity index (χ0) is 18.2. The van der Waals surface area contributed by atoms with Crippen molar-refractivity contribution in [2.24, 2.45) is 5.92 Å². The van der Waals surface area contributed by atoms with E-state index in [4.69, 9.17) is 4.74 Å². The highest BCUT2D eigenvalue weighted by molar-refractivity contribution is 5.92. The van der Waals surface area contributed by atoms with Crippen molar-refractivity contribution in [1.29, 1.82) is 0 Å². The summed E-state index contributed by atoms with van der Waals surface area (Å²) in [5.41, 5.74) is -0.136. The van der Waals surface area contributed by atoms with Crippen LogP contribution in [-0.2, 0) is 19.1 Å². The largest absolute Gasteiger partial charge is 0.512 e. The number of aliphatic hydroxyl groups excluding tert-OH is 3. The van der Waals surface area contributed by atoms with Gasteiger partial charge in [0.2, 0.25) is 11.8 Å². The Labute approximate surface area is 138 Å². The number of aliphatic hydroxyl groups is 3. The molecule has 0 radical (unpaired) electrons. The summed E-state index contributed by atoms with van der Waals surface area (Å²) >= 11 is 0. The Morgan fingerprint density at radius 2 is 1.96 bits per heavy atom. The van der Waals surface area contributed by atoms with Crippen LogP contribution < -0.4 is 10.6 Å². The Bertz CT molecular complexity index is 588. The van der Waals surface area contributed by atoms with Crippen LogP contribution in [0.1, 0.15) is 27.2 Å². The van der Waals surface area contributed by atoms with Gasteiger partial charge in [0, 0.05) is 19.3 Å². The molecular weight excluding hydrogens is 320 g/mol. The van der Waals surface area contributed by atoms with Crippen molar-refractivity contribution < 1.29 is 34.4 Å². The molecule has 1 fully saturated rings. The first kappa shape index (κ1) is 18.2. The van der Waals surface area contributed by atoms with Crippen molar-refractivity contribution >= 4 is 17.8 Å². The minimum absolute atomic E-state index is 0.136. The van der Waals surface area contributed by atoms with Crippen molar-refractivity contribution in [3.8, 4) is 0 Å². The topological polar surface area (TPSA) is 145 Å². The monoisotopic (exact) mass is 342 g/mol. The van der Waals surface area contributed by atoms with Crippen LogP contribution in [0.25, 0.3) is 0 Å². The first-order chi connectivity index (χ1) is 11.1. The van der Waals surface area contributed by atoms with Crippen LogP contribution in [0.2, 0.25) is 0 Å². The number of amides is 2. The fraction of sp³-hybridized carbons (Fsp3) is 0.667. The zero-order valence-electron chi connectivity index (χ0n) is 13.6. The summed E-state index contributed by atoms with van der Waals surface area (Å²) in [5.74, 6) is -3.06. The van der Waals surface area contributed by atoms with E-state index in [2.05, 4.69) is 10.6 Å². The van der Waals surface area contributed by atoms with Gasteiger partial charge in [0.15, 0.2) is 0 Å². The molecule has 2 aliphatic rings. The number of nitrogens with one attached hydrogen (secondary N) is 2. The Kier molecular flexibility index (Phi) is 5.14. The average molecular weight is 342 g/mol. The molecular formula is C15H22N2O7. The number of fused-ring (bicyclic) bond motifs is 1. The summed E-state index contributed by atoms with van der Waals surface area (Å²) in [6.45, 7) is 4.29. The van der Waals surface area contributed by atoms with Gasteiger partial charge in [0.25, 0.3) is 0 Å². The van der Waals surface area contributed by atoms with E-state index < -0.39 is 48.2 Å². The van der Waals surface area contributed by atoms with E-state index in [1.54, 1.807) is 0 Å². The van der Waals surface area contributed by atoms with Crippen LogP contribution >= 0.6 is 0 Å². The van der Waals surface area contributed by atoms with Gasteiger partial charge in [-0.05, 0) is 13.8 Å². The molecule has 5 N–H and O–H groups in total. The Morgan fingerprint density at radius 1 is 1.33 bits per heavy atom. The van der Waals surface area contributed by atoms with Gasteiger partial charge in [-0.25, -0.2) is 4.79 Å². The summed E-state index contributed by atoms with van der Waals surface area (Å²) in [6, 6.07) is -1.69. The average Bonchev–Trinajstić information content (AvgIpc) is 2.46. The van der Waals surface area contributed by atoms with Gasteiger partial charge in [-0.1, -0.05) is 0 Å². The second kappa shape index (κ2) is 6.78. The van der Waals surface area contributed by atoms with Gasteiger partial charge in [-0.15, -0.1) is 0 Å². The molecule has 9 heteroatoms. The van der Waals surface area contributed by atoms with Gasteiger partial charge in [-0.3, -0.25) is 9.59 Å². The molecule has 0 aromatic carbocycles. The highest BCUT2D eigenvalue weighted by atomic mass is 16.5. The van der Waals surface area contributed by atoms with E-state index in [1.807, 2.05) is 0 Å². The second-order valence-corrected chi connectivity index (χ2v) is 6.22. The van der Waals surface area contributed by atoms with Crippen molar-refractivity contribution in [3.05, 3.63) is 11.3 Å². The lowest BCUT2D eigenvalue weighted by molar-refractivity contribution is -0.159. The normalized spacial score (nSPS) is 34.0. The number of carbonyl (C=O) groups excluding carboxylic acids is 3. The fourth-order valence-electron chi connectivity index (χ4n) is 3.14. The minimum Gasteiger partial charge on any atom is -0.512 e. The summed E-state index contributed by atoms with van der Waals surface area (Å²) in [4.78, 5) is 35.3. The lowest BCUT2D eigenvalue weighted by Crippen LogP contribution is -2.62. The Hall–Kier alpha value is -2.13. The molecule has 0 saturated carbocycles. The number of carbonyl (C=O) groups is 3. The quantitative estimate of drug-likeness (QED) is 0.392. The number of hydrogen-bond acceptors (Lipinski definition) is 7. The molecule has 6 unspecified atom stereocenters. The molecule has 2 amide bonds. The van der Waals surface area contributed by atoms with E-state index in [-0.39, 0.29) is 23.7 Å². The summed E-state index contributed by atoms with van der Waals surface area (Å²) in [7, 11) is 0. The van der Waals surface area contributed by atoms with E-state index >= 15 is 0 Å². The molecule has 1 heterocycles. The van der Waals surface area contributed by atoms with Gasteiger partial charge in [-0.2, -0.15) is 0 Å². The number of hydrogen-bond donors (Lipinski definition) is 5. The van der Waals surface area contributed by atoms with Crippen molar-refractivity contribution in [2.45, 2.75) is 57.6 Å². The molecule has 0 spiro atoms. The van der Waals surface area contributed by atoms with E-state index in [0.29, 0.717) is 0 Å². The summed E-state index contributed by atoms with van der Waals surface area (Å²) in [5, 5.41) is 35.2. The van der Waals surface area contributed by atoms with Gasteiger partial charge < -0.3 is 30.7 Å². The predicted octanol–water partition coefficient (Wildman–Crippen LogP) is -1.51. The molecule has 9 nitrogen and oxygen atoms in total. The third kappa shape index (κ3) is 3.36. The summed E-state index contributed by atoms with van der Waals surface area (Å²) in [6.07, 6.45) is -3.65. The summed E-state index contributed by atoms with van der Waals surface area (Å²) < 4.78 is 5.13. The van der Waals surface area contributed by atoms with Crippen LogP contribution in [0.5, 0.6) is 0 Å². The lowest BCUT2D eigenvalue weighted by Gasteiger charge is -2.43. The highest BCUT2D eigenvalue weighted by Crippen LogP contribution is 2.37. The molecule has 6 atom stereocenters.